The lowest BCUT2D eigenvalue weighted by Gasteiger charge is -2.16. The topological polar surface area (TPSA) is 22.1 Å². The van der Waals surface area contributed by atoms with Crippen molar-refractivity contribution in [3.63, 3.8) is 0 Å². The van der Waals surface area contributed by atoms with Crippen LogP contribution in [0, 0.1) is 0 Å². The third-order valence-electron chi connectivity index (χ3n) is 2.52. The summed E-state index contributed by atoms with van der Waals surface area (Å²) in [4.78, 5) is 3.48. The van der Waals surface area contributed by atoms with Crippen molar-refractivity contribution in [1.82, 2.24) is 4.98 Å². The van der Waals surface area contributed by atoms with Gasteiger partial charge < -0.3 is 4.74 Å². The second kappa shape index (κ2) is 4.72. The highest BCUT2D eigenvalue weighted by Gasteiger charge is 2.36. The Morgan fingerprint density at radius 3 is 2.44 bits per heavy atom. The van der Waals surface area contributed by atoms with Gasteiger partial charge in [0.1, 0.15) is 0 Å². The lowest BCUT2D eigenvalue weighted by Crippen LogP contribution is -2.14. The van der Waals surface area contributed by atoms with Gasteiger partial charge in [-0.25, -0.2) is 4.98 Å². The predicted molar refractivity (Wildman–Crippen MR) is 54.5 cm³/mol. The van der Waals surface area contributed by atoms with E-state index >= 15 is 0 Å². The number of hydrogen-bond acceptors (Lipinski definition) is 2. The summed E-state index contributed by atoms with van der Waals surface area (Å²) in [6, 6.07) is 2.89. The number of halogens is 3. The molecule has 5 heteroatoms. The van der Waals surface area contributed by atoms with E-state index in [9.17, 15) is 13.2 Å². The summed E-state index contributed by atoms with van der Waals surface area (Å²) in [5.41, 5.74) is -0.628. The largest absolute Gasteiger partial charge is 0.481 e. The standard InChI is InChI=1S/C11H14F3NO/c1-4-7(2)8-5-6-9(16-3)15-10(8)11(12,13)14/h5-7H,4H2,1-3H3. The van der Waals surface area contributed by atoms with Gasteiger partial charge in [-0.15, -0.1) is 0 Å². The maximum absolute atomic E-state index is 12.7. The minimum absolute atomic E-state index is 0.0145. The fourth-order valence-electron chi connectivity index (χ4n) is 1.41. The molecule has 0 saturated heterocycles. The van der Waals surface area contributed by atoms with Crippen molar-refractivity contribution in [3.8, 4) is 5.88 Å². The van der Waals surface area contributed by atoms with Crippen LogP contribution in [0.25, 0.3) is 0 Å². The number of methoxy groups -OCH3 is 1. The highest BCUT2D eigenvalue weighted by molar-refractivity contribution is 5.30. The molecule has 0 spiro atoms. The second-order valence-electron chi connectivity index (χ2n) is 3.60. The first kappa shape index (κ1) is 12.8. The average Bonchev–Trinajstić information content (AvgIpc) is 2.26. The number of ether oxygens (including phenoxy) is 1. The van der Waals surface area contributed by atoms with E-state index < -0.39 is 11.9 Å². The van der Waals surface area contributed by atoms with Crippen molar-refractivity contribution in [2.45, 2.75) is 32.4 Å². The Morgan fingerprint density at radius 1 is 1.38 bits per heavy atom. The second-order valence-corrected chi connectivity index (χ2v) is 3.60. The van der Waals surface area contributed by atoms with Crippen LogP contribution in [-0.4, -0.2) is 12.1 Å². The molecule has 16 heavy (non-hydrogen) atoms. The van der Waals surface area contributed by atoms with E-state index in [1.807, 2.05) is 6.92 Å². The van der Waals surface area contributed by atoms with Gasteiger partial charge in [0.05, 0.1) is 7.11 Å². The summed E-state index contributed by atoms with van der Waals surface area (Å²) in [7, 11) is 1.30. The summed E-state index contributed by atoms with van der Waals surface area (Å²) < 4.78 is 42.9. The molecule has 1 unspecified atom stereocenters. The van der Waals surface area contributed by atoms with Crippen LogP contribution in [-0.2, 0) is 6.18 Å². The van der Waals surface area contributed by atoms with Crippen molar-refractivity contribution in [2.24, 2.45) is 0 Å². The molecule has 0 aromatic carbocycles. The lowest BCUT2D eigenvalue weighted by atomic mass is 9.97. The number of aromatic nitrogens is 1. The minimum Gasteiger partial charge on any atom is -0.481 e. The van der Waals surface area contributed by atoms with Crippen LogP contribution >= 0.6 is 0 Å². The fourth-order valence-corrected chi connectivity index (χ4v) is 1.41. The molecule has 1 atom stereocenters. The summed E-state index contributed by atoms with van der Waals surface area (Å²) in [6.45, 7) is 3.59. The van der Waals surface area contributed by atoms with Crippen LogP contribution in [0.2, 0.25) is 0 Å². The Balaban J connectivity index is 3.27. The van der Waals surface area contributed by atoms with Crippen molar-refractivity contribution >= 4 is 0 Å². The average molecular weight is 233 g/mol. The monoisotopic (exact) mass is 233 g/mol. The van der Waals surface area contributed by atoms with Crippen molar-refractivity contribution in [1.29, 1.82) is 0 Å². The number of hydrogen-bond donors (Lipinski definition) is 0. The van der Waals surface area contributed by atoms with Crippen LogP contribution in [0.4, 0.5) is 13.2 Å². The summed E-state index contributed by atoms with van der Waals surface area (Å²) >= 11 is 0. The molecular formula is C11H14F3NO. The van der Waals surface area contributed by atoms with E-state index in [0.717, 1.165) is 0 Å². The minimum atomic E-state index is -4.44. The van der Waals surface area contributed by atoms with Gasteiger partial charge in [0.15, 0.2) is 5.69 Å². The van der Waals surface area contributed by atoms with Crippen LogP contribution in [0.3, 0.4) is 0 Å². The Labute approximate surface area is 92.5 Å². The third kappa shape index (κ3) is 2.65. The van der Waals surface area contributed by atoms with Gasteiger partial charge in [0.25, 0.3) is 0 Å². The molecule has 0 aliphatic rings. The molecule has 0 aliphatic carbocycles. The van der Waals surface area contributed by atoms with Crippen molar-refractivity contribution in [3.05, 3.63) is 23.4 Å². The summed E-state index contributed by atoms with van der Waals surface area (Å²) in [5, 5.41) is 0. The first-order valence-corrected chi connectivity index (χ1v) is 5.02. The van der Waals surface area contributed by atoms with Crippen LogP contribution in [0.5, 0.6) is 5.88 Å². The molecule has 0 amide bonds. The molecule has 1 aromatic heterocycles. The Bertz CT molecular complexity index is 363. The fraction of sp³-hybridized carbons (Fsp3) is 0.545. The molecular weight excluding hydrogens is 219 g/mol. The molecule has 0 fully saturated rings. The van der Waals surface area contributed by atoms with Gasteiger partial charge in [-0.1, -0.05) is 19.9 Å². The van der Waals surface area contributed by atoms with Gasteiger partial charge in [0.2, 0.25) is 5.88 Å². The zero-order valence-corrected chi connectivity index (χ0v) is 9.43. The highest BCUT2D eigenvalue weighted by Crippen LogP contribution is 2.35. The number of nitrogens with zero attached hydrogens (tertiary/aromatic N) is 1. The molecule has 0 N–H and O–H groups in total. The first-order valence-electron chi connectivity index (χ1n) is 5.02. The maximum Gasteiger partial charge on any atom is 0.433 e. The molecule has 90 valence electrons. The Morgan fingerprint density at radius 2 is 2.00 bits per heavy atom. The zero-order valence-electron chi connectivity index (χ0n) is 9.43. The highest BCUT2D eigenvalue weighted by atomic mass is 19.4. The number of alkyl halides is 3. The zero-order chi connectivity index (χ0) is 12.3. The first-order chi connectivity index (χ1) is 7.40. The summed E-state index contributed by atoms with van der Waals surface area (Å²) in [6.07, 6.45) is -3.80. The van der Waals surface area contributed by atoms with Crippen LogP contribution in [0.1, 0.15) is 37.4 Å². The van der Waals surface area contributed by atoms with Crippen molar-refractivity contribution < 1.29 is 17.9 Å². The van der Waals surface area contributed by atoms with Gasteiger partial charge in [-0.05, 0) is 17.9 Å². The quantitative estimate of drug-likeness (QED) is 0.795. The van der Waals surface area contributed by atoms with Gasteiger partial charge >= 0.3 is 6.18 Å². The molecule has 1 aromatic rings. The summed E-state index contributed by atoms with van der Waals surface area (Å²) in [5.74, 6) is -0.186. The maximum atomic E-state index is 12.7. The molecule has 0 saturated carbocycles. The van der Waals surface area contributed by atoms with E-state index in [1.54, 1.807) is 6.92 Å². The molecule has 1 rings (SSSR count). The van der Waals surface area contributed by atoms with Crippen molar-refractivity contribution in [2.75, 3.05) is 7.11 Å². The SMILES string of the molecule is CCC(C)c1ccc(OC)nc1C(F)(F)F. The molecule has 0 bridgehead atoms. The van der Waals surface area contributed by atoms with Crippen LogP contribution < -0.4 is 4.74 Å². The third-order valence-corrected chi connectivity index (χ3v) is 2.52. The van der Waals surface area contributed by atoms with Gasteiger partial charge in [0, 0.05) is 6.07 Å². The normalized spacial score (nSPS) is 13.6. The van der Waals surface area contributed by atoms with E-state index in [1.165, 1.54) is 19.2 Å². The number of rotatable bonds is 3. The Kier molecular flexibility index (Phi) is 3.78. The number of pyridine rings is 1. The molecule has 2 nitrogen and oxygen atoms in total. The molecule has 1 heterocycles. The lowest BCUT2D eigenvalue weighted by molar-refractivity contribution is -0.142. The van der Waals surface area contributed by atoms with Crippen LogP contribution in [0.15, 0.2) is 12.1 Å². The molecule has 0 aliphatic heterocycles. The van der Waals surface area contributed by atoms with E-state index in [4.69, 9.17) is 4.74 Å². The Hall–Kier alpha value is -1.26. The van der Waals surface area contributed by atoms with E-state index in [-0.39, 0.29) is 17.4 Å². The van der Waals surface area contributed by atoms with Gasteiger partial charge in [-0.2, -0.15) is 13.2 Å². The van der Waals surface area contributed by atoms with E-state index in [0.29, 0.717) is 6.42 Å². The smallest absolute Gasteiger partial charge is 0.433 e. The van der Waals surface area contributed by atoms with Gasteiger partial charge in [-0.3, -0.25) is 0 Å². The predicted octanol–water partition coefficient (Wildman–Crippen LogP) is 3.62. The molecule has 0 radical (unpaired) electrons. The van der Waals surface area contributed by atoms with E-state index in [2.05, 4.69) is 4.98 Å².